The largest absolute Gasteiger partial charge is 0.481 e. The van der Waals surface area contributed by atoms with Gasteiger partial charge in [-0.05, 0) is 24.0 Å². The second-order valence-corrected chi connectivity index (χ2v) is 4.12. The molecule has 1 rings (SSSR count). The lowest BCUT2D eigenvalue weighted by Crippen LogP contribution is -2.14. The molecule has 2 N–H and O–H groups in total. The van der Waals surface area contributed by atoms with E-state index in [0.717, 1.165) is 0 Å². The summed E-state index contributed by atoms with van der Waals surface area (Å²) in [4.78, 5) is 21.8. The van der Waals surface area contributed by atoms with Crippen molar-refractivity contribution in [3.8, 4) is 0 Å². The zero-order valence-corrected chi connectivity index (χ0v) is 9.71. The first-order valence-electron chi connectivity index (χ1n) is 4.71. The number of carboxylic acids is 1. The molecule has 1 aromatic rings. The van der Waals surface area contributed by atoms with Crippen molar-refractivity contribution >= 4 is 29.3 Å². The van der Waals surface area contributed by atoms with E-state index in [1.165, 1.54) is 11.8 Å². The normalized spacial score (nSPS) is 9.81. The Labute approximate surface area is 98.0 Å². The average Bonchev–Trinajstić information content (AvgIpc) is 2.17. The van der Waals surface area contributed by atoms with Crippen LogP contribution in [0.2, 0.25) is 0 Å². The van der Waals surface area contributed by atoms with Crippen molar-refractivity contribution in [2.45, 2.75) is 6.42 Å². The predicted octanol–water partition coefficient (Wildman–Crippen LogP) is 1.62. The molecule has 0 atom stereocenters. The molecule has 0 aliphatic heterocycles. The summed E-state index contributed by atoms with van der Waals surface area (Å²) in [7, 11) is 0. The maximum Gasteiger partial charge on any atom is 0.307 e. The Bertz CT molecular complexity index is 393. The van der Waals surface area contributed by atoms with Crippen molar-refractivity contribution in [3.63, 3.8) is 0 Å². The molecule has 0 aliphatic rings. The number of carbonyl (C=O) groups is 2. The second kappa shape index (κ2) is 6.17. The van der Waals surface area contributed by atoms with Gasteiger partial charge in [-0.3, -0.25) is 9.59 Å². The summed E-state index contributed by atoms with van der Waals surface area (Å²) in [5, 5.41) is 11.3. The van der Waals surface area contributed by atoms with E-state index in [4.69, 9.17) is 5.11 Å². The van der Waals surface area contributed by atoms with E-state index in [1.807, 2.05) is 6.26 Å². The number of carboxylic acid groups (broad SMARTS) is 1. The monoisotopic (exact) mass is 239 g/mol. The van der Waals surface area contributed by atoms with Gasteiger partial charge in [0, 0.05) is 5.69 Å². The molecule has 86 valence electrons. The number of carbonyl (C=O) groups excluding carboxylic acids is 1. The van der Waals surface area contributed by atoms with Gasteiger partial charge in [-0.2, -0.15) is 11.8 Å². The Hall–Kier alpha value is -1.49. The molecule has 0 fully saturated rings. The van der Waals surface area contributed by atoms with Crippen molar-refractivity contribution in [1.29, 1.82) is 0 Å². The number of anilines is 1. The Kier molecular flexibility index (Phi) is 4.85. The lowest BCUT2D eigenvalue weighted by Gasteiger charge is -2.05. The van der Waals surface area contributed by atoms with Crippen LogP contribution in [0.25, 0.3) is 0 Å². The summed E-state index contributed by atoms with van der Waals surface area (Å²) >= 11 is 1.44. The fourth-order valence-electron chi connectivity index (χ4n) is 1.26. The maximum atomic E-state index is 11.3. The number of benzene rings is 1. The van der Waals surface area contributed by atoms with Crippen molar-refractivity contribution in [2.24, 2.45) is 0 Å². The average molecular weight is 239 g/mol. The van der Waals surface area contributed by atoms with Crippen molar-refractivity contribution in [1.82, 2.24) is 0 Å². The quantitative estimate of drug-likeness (QED) is 0.819. The molecule has 16 heavy (non-hydrogen) atoms. The number of hydrogen-bond acceptors (Lipinski definition) is 3. The van der Waals surface area contributed by atoms with Gasteiger partial charge in [0.05, 0.1) is 12.2 Å². The van der Waals surface area contributed by atoms with Crippen LogP contribution in [0, 0.1) is 0 Å². The molecular formula is C11H13NO3S. The smallest absolute Gasteiger partial charge is 0.307 e. The SMILES string of the molecule is CSCC(=O)Nc1cccc(CC(=O)O)c1. The second-order valence-electron chi connectivity index (χ2n) is 3.25. The van der Waals surface area contributed by atoms with Gasteiger partial charge in [0.25, 0.3) is 0 Å². The molecule has 1 aromatic carbocycles. The molecule has 0 saturated heterocycles. The van der Waals surface area contributed by atoms with Crippen LogP contribution in [0.4, 0.5) is 5.69 Å². The van der Waals surface area contributed by atoms with E-state index < -0.39 is 5.97 Å². The number of amides is 1. The summed E-state index contributed by atoms with van der Waals surface area (Å²) < 4.78 is 0. The van der Waals surface area contributed by atoms with E-state index >= 15 is 0 Å². The summed E-state index contributed by atoms with van der Waals surface area (Å²) in [5.41, 5.74) is 1.31. The van der Waals surface area contributed by atoms with E-state index in [-0.39, 0.29) is 12.3 Å². The summed E-state index contributed by atoms with van der Waals surface area (Å²) in [6.45, 7) is 0. The summed E-state index contributed by atoms with van der Waals surface area (Å²) in [6.07, 6.45) is 1.81. The van der Waals surface area contributed by atoms with Gasteiger partial charge in [-0.1, -0.05) is 12.1 Å². The third-order valence-electron chi connectivity index (χ3n) is 1.84. The minimum Gasteiger partial charge on any atom is -0.481 e. The maximum absolute atomic E-state index is 11.3. The van der Waals surface area contributed by atoms with Crippen LogP contribution in [0.1, 0.15) is 5.56 Å². The number of aliphatic carboxylic acids is 1. The van der Waals surface area contributed by atoms with Gasteiger partial charge in [0.2, 0.25) is 5.91 Å². The first kappa shape index (κ1) is 12.6. The van der Waals surface area contributed by atoms with Crippen molar-refractivity contribution < 1.29 is 14.7 Å². The molecule has 0 spiro atoms. The van der Waals surface area contributed by atoms with E-state index in [9.17, 15) is 9.59 Å². The van der Waals surface area contributed by atoms with Crippen LogP contribution < -0.4 is 5.32 Å². The van der Waals surface area contributed by atoms with E-state index in [2.05, 4.69) is 5.32 Å². The molecular weight excluding hydrogens is 226 g/mol. The lowest BCUT2D eigenvalue weighted by atomic mass is 10.1. The molecule has 1 amide bonds. The van der Waals surface area contributed by atoms with Crippen LogP contribution in [0.3, 0.4) is 0 Å². The number of thioether (sulfide) groups is 1. The highest BCUT2D eigenvalue weighted by Crippen LogP contribution is 2.11. The fraction of sp³-hybridized carbons (Fsp3) is 0.273. The van der Waals surface area contributed by atoms with E-state index in [0.29, 0.717) is 17.0 Å². The molecule has 0 aromatic heterocycles. The summed E-state index contributed by atoms with van der Waals surface area (Å²) in [6, 6.07) is 6.86. The van der Waals surface area contributed by atoms with Gasteiger partial charge in [0.15, 0.2) is 0 Å². The topological polar surface area (TPSA) is 66.4 Å². The standard InChI is InChI=1S/C11H13NO3S/c1-16-7-10(13)12-9-4-2-3-8(5-9)6-11(14)15/h2-5H,6-7H2,1H3,(H,12,13)(H,14,15). The number of nitrogens with one attached hydrogen (secondary N) is 1. The first-order valence-corrected chi connectivity index (χ1v) is 6.10. The minimum atomic E-state index is -0.882. The Morgan fingerprint density at radius 3 is 2.81 bits per heavy atom. The van der Waals surface area contributed by atoms with Gasteiger partial charge >= 0.3 is 5.97 Å². The van der Waals surface area contributed by atoms with Crippen LogP contribution in [-0.4, -0.2) is 29.0 Å². The van der Waals surface area contributed by atoms with Crippen LogP contribution in [0.15, 0.2) is 24.3 Å². The number of hydrogen-bond donors (Lipinski definition) is 2. The highest BCUT2D eigenvalue weighted by molar-refractivity contribution is 7.99. The zero-order valence-electron chi connectivity index (χ0n) is 8.90. The fourth-order valence-corrected chi connectivity index (χ4v) is 1.60. The molecule has 0 unspecified atom stereocenters. The molecule has 0 aliphatic carbocycles. The molecule has 0 saturated carbocycles. The van der Waals surface area contributed by atoms with Gasteiger partial charge in [0.1, 0.15) is 0 Å². The molecule has 0 heterocycles. The first-order chi connectivity index (χ1) is 7.61. The lowest BCUT2D eigenvalue weighted by molar-refractivity contribution is -0.136. The highest BCUT2D eigenvalue weighted by Gasteiger charge is 2.04. The van der Waals surface area contributed by atoms with Crippen molar-refractivity contribution in [3.05, 3.63) is 29.8 Å². The third kappa shape index (κ3) is 4.35. The highest BCUT2D eigenvalue weighted by atomic mass is 32.2. The third-order valence-corrected chi connectivity index (χ3v) is 2.39. The Morgan fingerprint density at radius 1 is 1.44 bits per heavy atom. The minimum absolute atomic E-state index is 0.0355. The number of rotatable bonds is 5. The zero-order chi connectivity index (χ0) is 12.0. The molecule has 5 heteroatoms. The van der Waals surface area contributed by atoms with Crippen LogP contribution in [0.5, 0.6) is 0 Å². The summed E-state index contributed by atoms with van der Waals surface area (Å²) in [5.74, 6) is -0.573. The van der Waals surface area contributed by atoms with Crippen LogP contribution >= 0.6 is 11.8 Å². The van der Waals surface area contributed by atoms with Gasteiger partial charge in [-0.15, -0.1) is 0 Å². The predicted molar refractivity (Wildman–Crippen MR) is 64.8 cm³/mol. The molecule has 4 nitrogen and oxygen atoms in total. The Balaban J connectivity index is 2.67. The molecule has 0 bridgehead atoms. The van der Waals surface area contributed by atoms with Gasteiger partial charge in [-0.25, -0.2) is 0 Å². The molecule has 0 radical (unpaired) electrons. The van der Waals surface area contributed by atoms with E-state index in [1.54, 1.807) is 24.3 Å². The van der Waals surface area contributed by atoms with Gasteiger partial charge < -0.3 is 10.4 Å². The van der Waals surface area contributed by atoms with Crippen molar-refractivity contribution in [2.75, 3.05) is 17.3 Å². The van der Waals surface area contributed by atoms with Crippen LogP contribution in [-0.2, 0) is 16.0 Å². The Morgan fingerprint density at radius 2 is 2.19 bits per heavy atom.